The number of fused-ring (bicyclic) bond motifs is 2. The van der Waals surface area contributed by atoms with Crippen molar-refractivity contribution in [2.75, 3.05) is 26.1 Å². The molecular weight excluding hydrogens is 522 g/mol. The number of hydrogen-bond donors (Lipinski definition) is 2. The van der Waals surface area contributed by atoms with Gasteiger partial charge in [-0.15, -0.1) is 0 Å². The topological polar surface area (TPSA) is 106 Å². The first kappa shape index (κ1) is 28.2. The van der Waals surface area contributed by atoms with Gasteiger partial charge in [0.1, 0.15) is 24.2 Å². The van der Waals surface area contributed by atoms with Gasteiger partial charge in [-0.2, -0.15) is 0 Å². The second kappa shape index (κ2) is 12.4. The zero-order chi connectivity index (χ0) is 28.9. The summed E-state index contributed by atoms with van der Waals surface area (Å²) < 4.78 is 17.6. The Morgan fingerprint density at radius 2 is 1.85 bits per heavy atom. The summed E-state index contributed by atoms with van der Waals surface area (Å²) in [6.07, 6.45) is 0.937. The Bertz CT molecular complexity index is 1410. The number of nitrogens with zero attached hydrogens (tertiary/aromatic N) is 1. The molecule has 0 unspecified atom stereocenters. The molecule has 5 rings (SSSR count). The van der Waals surface area contributed by atoms with E-state index in [9.17, 15) is 14.4 Å². The number of ether oxygens (including phenoxy) is 3. The second-order valence-corrected chi connectivity index (χ2v) is 10.5. The minimum absolute atomic E-state index is 0.0742. The van der Waals surface area contributed by atoms with E-state index < -0.39 is 0 Å². The molecule has 9 heteroatoms. The summed E-state index contributed by atoms with van der Waals surface area (Å²) in [4.78, 5) is 40.8. The minimum atomic E-state index is -0.373. The normalized spacial score (nSPS) is 20.8. The van der Waals surface area contributed by atoms with Crippen LogP contribution >= 0.6 is 0 Å². The van der Waals surface area contributed by atoms with Crippen LogP contribution in [-0.4, -0.2) is 61.6 Å². The first-order valence-electron chi connectivity index (χ1n) is 13.8. The molecule has 4 atom stereocenters. The molecule has 2 N–H and O–H groups in total. The number of rotatable bonds is 7. The summed E-state index contributed by atoms with van der Waals surface area (Å²) >= 11 is 0. The van der Waals surface area contributed by atoms with Crippen molar-refractivity contribution in [3.63, 3.8) is 0 Å². The number of likely N-dealkylation sites (N-methyl/N-ethyl adjacent to an activating group) is 1. The Morgan fingerprint density at radius 1 is 1.05 bits per heavy atom. The lowest BCUT2D eigenvalue weighted by Gasteiger charge is -2.42. The van der Waals surface area contributed by atoms with Crippen LogP contribution in [0.25, 0.3) is 0 Å². The number of methoxy groups -OCH3 is 1. The molecule has 0 bridgehead atoms. The lowest BCUT2D eigenvalue weighted by atomic mass is 9.94. The van der Waals surface area contributed by atoms with Crippen molar-refractivity contribution in [2.24, 2.45) is 0 Å². The van der Waals surface area contributed by atoms with Crippen LogP contribution in [-0.2, 0) is 9.53 Å². The van der Waals surface area contributed by atoms with Gasteiger partial charge in [-0.05, 0) is 61.7 Å². The van der Waals surface area contributed by atoms with Gasteiger partial charge in [0.15, 0.2) is 0 Å². The summed E-state index contributed by atoms with van der Waals surface area (Å²) in [5.41, 5.74) is 2.33. The highest BCUT2D eigenvalue weighted by Crippen LogP contribution is 2.33. The van der Waals surface area contributed by atoms with Crippen LogP contribution in [0.3, 0.4) is 0 Å². The lowest BCUT2D eigenvalue weighted by molar-refractivity contribution is -0.134. The van der Waals surface area contributed by atoms with E-state index in [-0.39, 0.29) is 55.0 Å². The van der Waals surface area contributed by atoms with Crippen LogP contribution in [0.15, 0.2) is 72.8 Å². The zero-order valence-corrected chi connectivity index (χ0v) is 23.5. The van der Waals surface area contributed by atoms with Gasteiger partial charge in [0.2, 0.25) is 5.91 Å². The van der Waals surface area contributed by atoms with Crippen LogP contribution in [0.2, 0.25) is 0 Å². The molecule has 3 aromatic rings. The van der Waals surface area contributed by atoms with Gasteiger partial charge in [-0.1, -0.05) is 36.4 Å². The first-order chi connectivity index (χ1) is 19.8. The molecule has 3 amide bonds. The van der Waals surface area contributed by atoms with E-state index in [4.69, 9.17) is 14.2 Å². The van der Waals surface area contributed by atoms with E-state index in [2.05, 4.69) is 10.6 Å². The van der Waals surface area contributed by atoms with Gasteiger partial charge in [-0.3, -0.25) is 14.4 Å². The van der Waals surface area contributed by atoms with Crippen LogP contribution in [0.1, 0.15) is 58.5 Å². The summed E-state index contributed by atoms with van der Waals surface area (Å²) in [6, 6.07) is 21.4. The predicted octanol–water partition coefficient (Wildman–Crippen LogP) is 4.60. The third-order valence-electron chi connectivity index (χ3n) is 7.69. The monoisotopic (exact) mass is 557 g/mol. The molecule has 2 aliphatic rings. The van der Waals surface area contributed by atoms with Crippen molar-refractivity contribution in [3.05, 3.63) is 89.5 Å². The van der Waals surface area contributed by atoms with Crippen molar-refractivity contribution in [1.29, 1.82) is 0 Å². The van der Waals surface area contributed by atoms with Gasteiger partial charge in [-0.25, -0.2) is 0 Å². The van der Waals surface area contributed by atoms with Crippen LogP contribution in [0.5, 0.6) is 11.5 Å². The average molecular weight is 558 g/mol. The number of nitrogens with one attached hydrogen (secondary N) is 2. The third-order valence-corrected chi connectivity index (χ3v) is 7.69. The number of hydrogen-bond acceptors (Lipinski definition) is 6. The molecule has 2 heterocycles. The molecule has 1 saturated heterocycles. The molecule has 41 heavy (non-hydrogen) atoms. The number of carbonyl (C=O) groups is 3. The van der Waals surface area contributed by atoms with E-state index in [1.54, 1.807) is 61.5 Å². The largest absolute Gasteiger partial charge is 0.497 e. The Balaban J connectivity index is 1.23. The van der Waals surface area contributed by atoms with E-state index in [0.29, 0.717) is 41.2 Å². The Kier molecular flexibility index (Phi) is 8.54. The average Bonchev–Trinajstić information content (AvgIpc) is 2.99. The quantitative estimate of drug-likeness (QED) is 0.440. The Labute approximate surface area is 239 Å². The van der Waals surface area contributed by atoms with Crippen molar-refractivity contribution in [2.45, 2.75) is 50.5 Å². The maximum atomic E-state index is 13.5. The van der Waals surface area contributed by atoms with Gasteiger partial charge in [0, 0.05) is 18.3 Å². The van der Waals surface area contributed by atoms with Crippen molar-refractivity contribution < 1.29 is 28.6 Å². The maximum Gasteiger partial charge on any atom is 0.257 e. The van der Waals surface area contributed by atoms with Crippen LogP contribution in [0, 0.1) is 0 Å². The highest BCUT2D eigenvalue weighted by molar-refractivity contribution is 6.05. The third kappa shape index (κ3) is 6.52. The highest BCUT2D eigenvalue weighted by Gasteiger charge is 2.39. The SMILES string of the molecule is COc1cccc(C(=O)Nc2ccc3c(c2)C(=O)N(C)[C@H]2CC[C@H](CC(=O)N[C@H](C)c4ccccc4)O[C@H]2CO3)c1. The second-order valence-electron chi connectivity index (χ2n) is 10.5. The number of benzene rings is 3. The zero-order valence-electron chi connectivity index (χ0n) is 23.5. The molecule has 0 aliphatic carbocycles. The summed E-state index contributed by atoms with van der Waals surface area (Å²) in [7, 11) is 3.30. The number of anilines is 1. The van der Waals surface area contributed by atoms with Crippen LogP contribution < -0.4 is 20.1 Å². The molecule has 2 aliphatic heterocycles. The van der Waals surface area contributed by atoms with Gasteiger partial charge >= 0.3 is 0 Å². The first-order valence-corrected chi connectivity index (χ1v) is 13.8. The van der Waals surface area contributed by atoms with Gasteiger partial charge in [0.25, 0.3) is 11.8 Å². The molecule has 0 spiro atoms. The highest BCUT2D eigenvalue weighted by atomic mass is 16.5. The van der Waals surface area contributed by atoms with E-state index in [1.165, 1.54) is 0 Å². The molecule has 214 valence electrons. The fourth-order valence-corrected chi connectivity index (χ4v) is 5.41. The fraction of sp³-hybridized carbons (Fsp3) is 0.344. The van der Waals surface area contributed by atoms with Crippen molar-refractivity contribution in [1.82, 2.24) is 10.2 Å². The molecule has 0 saturated carbocycles. The van der Waals surface area contributed by atoms with E-state index >= 15 is 0 Å². The number of carbonyl (C=O) groups excluding carboxylic acids is 3. The molecule has 0 radical (unpaired) electrons. The summed E-state index contributed by atoms with van der Waals surface area (Å²) in [5, 5.41) is 5.90. The summed E-state index contributed by atoms with van der Waals surface area (Å²) in [5.74, 6) is 0.388. The molecule has 3 aromatic carbocycles. The van der Waals surface area contributed by atoms with Crippen molar-refractivity contribution >= 4 is 23.4 Å². The van der Waals surface area contributed by atoms with Gasteiger partial charge in [0.05, 0.1) is 37.3 Å². The number of amides is 3. The Morgan fingerprint density at radius 3 is 2.63 bits per heavy atom. The molecular formula is C32H35N3O6. The van der Waals surface area contributed by atoms with Crippen LogP contribution in [0.4, 0.5) is 5.69 Å². The van der Waals surface area contributed by atoms with E-state index in [0.717, 1.165) is 5.56 Å². The van der Waals surface area contributed by atoms with E-state index in [1.807, 2.05) is 37.3 Å². The lowest BCUT2D eigenvalue weighted by Crippen LogP contribution is -2.54. The predicted molar refractivity (Wildman–Crippen MR) is 154 cm³/mol. The summed E-state index contributed by atoms with van der Waals surface area (Å²) in [6.45, 7) is 2.20. The fourth-order valence-electron chi connectivity index (χ4n) is 5.41. The standard InChI is InChI=1S/C32H35N3O6/c1-20(21-8-5-4-6-9-21)33-30(36)18-25-13-14-27-29(41-25)19-40-28-15-12-23(17-26(28)32(38)35(27)2)34-31(37)22-10-7-11-24(16-22)39-3/h4-12,15-17,20,25,27,29H,13-14,18-19H2,1-3H3,(H,33,36)(H,34,37)/t20-,25-,27+,29+/m1/s1. The minimum Gasteiger partial charge on any atom is -0.497 e. The molecule has 1 fully saturated rings. The maximum absolute atomic E-state index is 13.5. The van der Waals surface area contributed by atoms with Crippen molar-refractivity contribution in [3.8, 4) is 11.5 Å². The smallest absolute Gasteiger partial charge is 0.257 e. The Hall–Kier alpha value is -4.37. The molecule has 9 nitrogen and oxygen atoms in total. The molecule has 0 aromatic heterocycles. The van der Waals surface area contributed by atoms with Gasteiger partial charge < -0.3 is 29.7 Å².